The van der Waals surface area contributed by atoms with Crippen molar-refractivity contribution in [3.8, 4) is 5.75 Å². The van der Waals surface area contributed by atoms with Crippen LogP contribution in [0, 0.1) is 0 Å². The van der Waals surface area contributed by atoms with Crippen molar-refractivity contribution in [3.05, 3.63) is 51.4 Å². The number of hydrogen-bond donors (Lipinski definition) is 1. The van der Waals surface area contributed by atoms with E-state index >= 15 is 0 Å². The Morgan fingerprint density at radius 1 is 1.16 bits per heavy atom. The molecule has 4 radical (unpaired) electrons. The Morgan fingerprint density at radius 3 is 2.58 bits per heavy atom. The largest absolute Gasteiger partial charge is 0.508 e. The number of halogens is 1. The van der Waals surface area contributed by atoms with Crippen molar-refractivity contribution in [2.24, 2.45) is 0 Å². The van der Waals surface area contributed by atoms with E-state index in [1.54, 1.807) is 6.07 Å². The number of phenols is 1. The highest BCUT2D eigenvalue weighted by atomic mass is 35.5. The topological polar surface area (TPSA) is 20.2 Å². The molecule has 0 saturated carbocycles. The zero-order valence-corrected chi connectivity index (χ0v) is 13.5. The average Bonchev–Trinajstić information content (AvgIpc) is 2.75. The molecule has 3 rings (SSSR count). The molecule has 2 aliphatic carbocycles. The van der Waals surface area contributed by atoms with Gasteiger partial charge in [-0.25, -0.2) is 0 Å². The summed E-state index contributed by atoms with van der Waals surface area (Å²) in [4.78, 5) is 0. The van der Waals surface area contributed by atoms with Crippen molar-refractivity contribution in [1.29, 1.82) is 0 Å². The molecule has 0 heterocycles. The van der Waals surface area contributed by atoms with Crippen LogP contribution >= 0.6 is 11.6 Å². The fourth-order valence-electron chi connectivity index (χ4n) is 2.82. The summed E-state index contributed by atoms with van der Waals surface area (Å²) in [5.41, 5.74) is 2.54. The van der Waals surface area contributed by atoms with Crippen molar-refractivity contribution >= 4 is 42.3 Å². The molecule has 0 spiro atoms. The lowest BCUT2D eigenvalue weighted by molar-refractivity contribution is 0.474. The average molecular weight is 301 g/mol. The summed E-state index contributed by atoms with van der Waals surface area (Å²) in [5, 5.41) is 12.9. The van der Waals surface area contributed by atoms with Gasteiger partial charge in [0.15, 0.2) is 0 Å². The molecule has 0 aliphatic heterocycles. The fraction of sp³-hybridized carbons (Fsp3) is 0.200. The van der Waals surface area contributed by atoms with Gasteiger partial charge in [0.05, 0.1) is 0 Å². The van der Waals surface area contributed by atoms with E-state index in [1.165, 1.54) is 16.4 Å². The minimum Gasteiger partial charge on any atom is -0.508 e. The molecular weight excluding hydrogens is 288 g/mol. The summed E-state index contributed by atoms with van der Waals surface area (Å²) in [6.45, 7) is 4.46. The lowest BCUT2D eigenvalue weighted by Gasteiger charge is -2.33. The normalized spacial score (nSPS) is 19.2. The summed E-state index contributed by atoms with van der Waals surface area (Å²) in [5.74, 6) is 0.328. The molecule has 1 aromatic carbocycles. The summed E-state index contributed by atoms with van der Waals surface area (Å²) in [6.07, 6.45) is 6.40. The highest BCUT2D eigenvalue weighted by molar-refractivity contribution is 6.67. The Bertz CT molecular complexity index is 727. The van der Waals surface area contributed by atoms with Crippen molar-refractivity contribution in [3.63, 3.8) is 0 Å². The standard InChI is InChI=1S/C15H13ClOSi2/c1-18-15(19-2)8-11(16)6-10-5-9-3-4-12(17)7-13(9)14(10)15/h3-8,17H,1-2H3. The number of benzene rings is 1. The third-order valence-corrected chi connectivity index (χ3v) is 7.82. The van der Waals surface area contributed by atoms with E-state index in [1.807, 2.05) is 18.2 Å². The van der Waals surface area contributed by atoms with E-state index < -0.39 is 0 Å². The number of rotatable bonds is 2. The first-order valence-electron chi connectivity index (χ1n) is 6.13. The first kappa shape index (κ1) is 13.0. The van der Waals surface area contributed by atoms with Crippen molar-refractivity contribution in [1.82, 2.24) is 0 Å². The molecule has 0 unspecified atom stereocenters. The van der Waals surface area contributed by atoms with Crippen LogP contribution in [0.3, 0.4) is 0 Å². The number of phenolic OH excluding ortho intramolecular Hbond substituents is 1. The second-order valence-electron chi connectivity index (χ2n) is 4.73. The maximum Gasteiger partial charge on any atom is 0.116 e. The van der Waals surface area contributed by atoms with Gasteiger partial charge in [-0.05, 0) is 50.5 Å². The predicted octanol–water partition coefficient (Wildman–Crippen LogP) is 2.02. The first-order valence-corrected chi connectivity index (χ1v) is 9.51. The van der Waals surface area contributed by atoms with E-state index in [9.17, 15) is 5.11 Å². The van der Waals surface area contributed by atoms with Crippen molar-refractivity contribution < 1.29 is 5.11 Å². The quantitative estimate of drug-likeness (QED) is 0.829. The van der Waals surface area contributed by atoms with Gasteiger partial charge in [-0.1, -0.05) is 36.8 Å². The van der Waals surface area contributed by atoms with Gasteiger partial charge in [0, 0.05) is 24.1 Å². The number of hydrogen-bond acceptors (Lipinski definition) is 1. The van der Waals surface area contributed by atoms with E-state index in [-0.39, 0.29) is 4.66 Å². The van der Waals surface area contributed by atoms with Crippen LogP contribution in [0.15, 0.2) is 41.0 Å². The minimum absolute atomic E-state index is 0.0384. The number of aromatic hydroxyl groups is 1. The van der Waals surface area contributed by atoms with E-state index in [0.717, 1.165) is 29.3 Å². The van der Waals surface area contributed by atoms with Gasteiger partial charge in [0.25, 0.3) is 0 Å². The predicted molar refractivity (Wildman–Crippen MR) is 83.2 cm³/mol. The molecule has 1 nitrogen and oxygen atoms in total. The van der Waals surface area contributed by atoms with Crippen molar-refractivity contribution in [2.75, 3.05) is 0 Å². The Labute approximate surface area is 122 Å². The molecule has 2 aliphatic rings. The fourth-order valence-corrected chi connectivity index (χ4v) is 5.95. The molecular formula is C15H13ClOSi2. The van der Waals surface area contributed by atoms with Crippen LogP contribution in [0.5, 0.6) is 5.75 Å². The summed E-state index contributed by atoms with van der Waals surface area (Å²) >= 11 is 6.31. The van der Waals surface area contributed by atoms with Gasteiger partial charge in [-0.2, -0.15) is 0 Å². The molecule has 0 aromatic heterocycles. The van der Waals surface area contributed by atoms with Crippen LogP contribution in [-0.4, -0.2) is 24.1 Å². The highest BCUT2D eigenvalue weighted by Crippen LogP contribution is 2.46. The van der Waals surface area contributed by atoms with E-state index in [4.69, 9.17) is 11.6 Å². The van der Waals surface area contributed by atoms with Crippen LogP contribution in [0.2, 0.25) is 17.8 Å². The number of allylic oxidation sites excluding steroid dienone is 4. The molecule has 1 aromatic rings. The zero-order chi connectivity index (χ0) is 13.6. The van der Waals surface area contributed by atoms with Crippen molar-refractivity contribution in [2.45, 2.75) is 17.8 Å². The SMILES string of the molecule is C[Si]C1([Si]C)C=C(Cl)C=C2C=c3ccc(O)cc3=C21. The summed E-state index contributed by atoms with van der Waals surface area (Å²) in [7, 11) is 1.51. The van der Waals surface area contributed by atoms with Gasteiger partial charge in [-0.3, -0.25) is 0 Å². The monoisotopic (exact) mass is 300 g/mol. The van der Waals surface area contributed by atoms with Crippen LogP contribution < -0.4 is 10.4 Å². The van der Waals surface area contributed by atoms with Crippen LogP contribution in [0.1, 0.15) is 0 Å². The van der Waals surface area contributed by atoms with Gasteiger partial charge in [0.1, 0.15) is 5.75 Å². The second-order valence-corrected chi connectivity index (χ2v) is 8.24. The lowest BCUT2D eigenvalue weighted by atomic mass is 9.98. The van der Waals surface area contributed by atoms with Gasteiger partial charge < -0.3 is 5.11 Å². The molecule has 4 heteroatoms. The molecule has 0 amide bonds. The maximum absolute atomic E-state index is 9.77. The maximum atomic E-state index is 9.77. The Morgan fingerprint density at radius 2 is 1.89 bits per heavy atom. The lowest BCUT2D eigenvalue weighted by Crippen LogP contribution is -2.32. The molecule has 19 heavy (non-hydrogen) atoms. The van der Waals surface area contributed by atoms with Crippen LogP contribution in [0.25, 0.3) is 11.6 Å². The molecule has 1 N–H and O–H groups in total. The number of fused-ring (bicyclic) bond motifs is 2. The molecule has 0 saturated heterocycles. The third kappa shape index (κ3) is 1.88. The van der Waals surface area contributed by atoms with Gasteiger partial charge >= 0.3 is 0 Å². The van der Waals surface area contributed by atoms with E-state index in [0.29, 0.717) is 5.75 Å². The highest BCUT2D eigenvalue weighted by Gasteiger charge is 2.35. The Kier molecular flexibility index (Phi) is 3.08. The summed E-state index contributed by atoms with van der Waals surface area (Å²) < 4.78 is 0.0384. The second kappa shape index (κ2) is 4.51. The summed E-state index contributed by atoms with van der Waals surface area (Å²) in [6, 6.07) is 5.60. The Balaban J connectivity index is 2.41. The molecule has 0 bridgehead atoms. The zero-order valence-electron chi connectivity index (χ0n) is 10.8. The molecule has 0 fully saturated rings. The van der Waals surface area contributed by atoms with Crippen LogP contribution in [-0.2, 0) is 0 Å². The molecule has 94 valence electrons. The van der Waals surface area contributed by atoms with E-state index in [2.05, 4.69) is 25.2 Å². The Hall–Kier alpha value is -1.04. The van der Waals surface area contributed by atoms with Gasteiger partial charge in [0.2, 0.25) is 0 Å². The molecule has 0 atom stereocenters. The van der Waals surface area contributed by atoms with Gasteiger partial charge in [-0.15, -0.1) is 0 Å². The smallest absolute Gasteiger partial charge is 0.116 e. The minimum atomic E-state index is 0.0384. The third-order valence-electron chi connectivity index (χ3n) is 3.74. The van der Waals surface area contributed by atoms with Crippen LogP contribution in [0.4, 0.5) is 0 Å². The first-order chi connectivity index (χ1) is 9.09.